The predicted octanol–water partition coefficient (Wildman–Crippen LogP) is 4.32. The Bertz CT molecular complexity index is 815. The molecule has 0 bridgehead atoms. The van der Waals surface area contributed by atoms with Crippen LogP contribution in [0.25, 0.3) is 5.69 Å². The number of ketones is 1. The van der Waals surface area contributed by atoms with Gasteiger partial charge >= 0.3 is 0 Å². The summed E-state index contributed by atoms with van der Waals surface area (Å²) in [6.45, 7) is 1.63. The number of Topliss-reactive ketones (excluding diaryl/α,β-unsaturated/α-hetero) is 1. The van der Waals surface area contributed by atoms with Crippen LogP contribution in [0.5, 0.6) is 0 Å². The zero-order chi connectivity index (χ0) is 17.5. The normalized spacial score (nSPS) is 10.8. The number of benzene rings is 2. The lowest BCUT2D eigenvalue weighted by Gasteiger charge is -2.10. The fraction of sp³-hybridized carbons (Fsp3) is 0.250. The molecule has 2 aromatic carbocycles. The van der Waals surface area contributed by atoms with Crippen molar-refractivity contribution in [2.45, 2.75) is 31.3 Å². The van der Waals surface area contributed by atoms with Gasteiger partial charge in [0.05, 0.1) is 0 Å². The lowest BCUT2D eigenvalue weighted by atomic mass is 10.1. The van der Waals surface area contributed by atoms with Gasteiger partial charge < -0.3 is 4.79 Å². The number of carbonyl (C=O) groups is 1. The Morgan fingerprint density at radius 3 is 2.36 bits per heavy atom. The van der Waals surface area contributed by atoms with E-state index in [-0.39, 0.29) is 5.78 Å². The average molecular weight is 351 g/mol. The molecule has 0 unspecified atom stereocenters. The molecule has 0 radical (unpaired) electrons. The second kappa shape index (κ2) is 8.62. The van der Waals surface area contributed by atoms with Crippen LogP contribution in [0.3, 0.4) is 0 Å². The number of carbonyl (C=O) groups excluding carboxylic acids is 1. The van der Waals surface area contributed by atoms with Gasteiger partial charge in [-0.3, -0.25) is 4.57 Å². The third kappa shape index (κ3) is 4.79. The second-order valence-corrected chi connectivity index (χ2v) is 6.95. The van der Waals surface area contributed by atoms with Crippen LogP contribution >= 0.6 is 11.8 Å². The zero-order valence-electron chi connectivity index (χ0n) is 14.3. The van der Waals surface area contributed by atoms with Gasteiger partial charge in [-0.15, -0.1) is 10.2 Å². The zero-order valence-corrected chi connectivity index (χ0v) is 15.1. The van der Waals surface area contributed by atoms with Gasteiger partial charge in [0.25, 0.3) is 0 Å². The van der Waals surface area contributed by atoms with E-state index in [2.05, 4.69) is 39.0 Å². The summed E-state index contributed by atoms with van der Waals surface area (Å²) in [7, 11) is 0. The van der Waals surface area contributed by atoms with E-state index in [4.69, 9.17) is 0 Å². The first-order chi connectivity index (χ1) is 12.2. The minimum atomic E-state index is 0.231. The van der Waals surface area contributed by atoms with Crippen LogP contribution in [0.4, 0.5) is 0 Å². The molecule has 4 nitrogen and oxygen atoms in total. The largest absolute Gasteiger partial charge is 0.300 e. The van der Waals surface area contributed by atoms with Gasteiger partial charge in [-0.1, -0.05) is 60.3 Å². The maximum absolute atomic E-state index is 11.1. The number of rotatable bonds is 8. The molecule has 25 heavy (non-hydrogen) atoms. The summed E-state index contributed by atoms with van der Waals surface area (Å²) in [5, 5.41) is 9.70. The highest BCUT2D eigenvalue weighted by atomic mass is 32.2. The van der Waals surface area contributed by atoms with Crippen molar-refractivity contribution in [1.82, 2.24) is 14.8 Å². The molecule has 0 saturated heterocycles. The van der Waals surface area contributed by atoms with Crippen molar-refractivity contribution in [3.63, 3.8) is 0 Å². The molecule has 0 atom stereocenters. The Kier molecular flexibility index (Phi) is 6.01. The Hall–Kier alpha value is -2.40. The maximum Gasteiger partial charge on any atom is 0.195 e. The number of para-hydroxylation sites is 1. The number of thioether (sulfide) groups is 1. The molecule has 5 heteroatoms. The van der Waals surface area contributed by atoms with Crippen molar-refractivity contribution >= 4 is 17.5 Å². The first kappa shape index (κ1) is 17.4. The highest BCUT2D eigenvalue weighted by Crippen LogP contribution is 2.24. The summed E-state index contributed by atoms with van der Waals surface area (Å²) in [4.78, 5) is 11.1. The Morgan fingerprint density at radius 2 is 1.68 bits per heavy atom. The van der Waals surface area contributed by atoms with Crippen LogP contribution in [0.15, 0.2) is 65.8 Å². The maximum atomic E-state index is 11.1. The topological polar surface area (TPSA) is 47.8 Å². The minimum Gasteiger partial charge on any atom is -0.300 e. The molecule has 1 aromatic heterocycles. The molecule has 0 saturated carbocycles. The van der Waals surface area contributed by atoms with Gasteiger partial charge in [0.15, 0.2) is 5.16 Å². The molecule has 0 spiro atoms. The number of hydrogen-bond donors (Lipinski definition) is 0. The minimum absolute atomic E-state index is 0.231. The second-order valence-electron chi connectivity index (χ2n) is 5.89. The highest BCUT2D eigenvalue weighted by Gasteiger charge is 2.14. The number of aromatic nitrogens is 3. The van der Waals surface area contributed by atoms with Gasteiger partial charge in [0.2, 0.25) is 0 Å². The summed E-state index contributed by atoms with van der Waals surface area (Å²) in [5.74, 6) is 2.01. The van der Waals surface area contributed by atoms with Crippen molar-refractivity contribution in [3.05, 3.63) is 72.1 Å². The van der Waals surface area contributed by atoms with Gasteiger partial charge in [0, 0.05) is 24.3 Å². The smallest absolute Gasteiger partial charge is 0.195 e. The molecule has 0 amide bonds. The first-order valence-electron chi connectivity index (χ1n) is 8.40. The molecule has 3 aromatic rings. The van der Waals surface area contributed by atoms with Crippen LogP contribution in [0, 0.1) is 0 Å². The molecular weight excluding hydrogens is 330 g/mol. The van der Waals surface area contributed by atoms with Crippen molar-refractivity contribution < 1.29 is 4.79 Å². The van der Waals surface area contributed by atoms with E-state index in [0.29, 0.717) is 6.42 Å². The summed E-state index contributed by atoms with van der Waals surface area (Å²) in [6, 6.07) is 20.5. The lowest BCUT2D eigenvalue weighted by Crippen LogP contribution is -2.04. The standard InChI is InChI=1S/C20H21N3OS/c1-16(24)9-8-14-25-20-22-21-19(15-17-10-4-2-5-11-17)23(20)18-12-6-3-7-13-18/h2-7,10-13H,8-9,14-15H2,1H3. The molecular formula is C20H21N3OS. The summed E-state index contributed by atoms with van der Waals surface area (Å²) >= 11 is 1.65. The van der Waals surface area contributed by atoms with E-state index < -0.39 is 0 Å². The van der Waals surface area contributed by atoms with Gasteiger partial charge in [-0.05, 0) is 31.0 Å². The van der Waals surface area contributed by atoms with E-state index in [9.17, 15) is 4.79 Å². The van der Waals surface area contributed by atoms with Crippen LogP contribution in [0.1, 0.15) is 31.2 Å². The Morgan fingerprint density at radius 1 is 1.00 bits per heavy atom. The monoisotopic (exact) mass is 351 g/mol. The van der Waals surface area contributed by atoms with Gasteiger partial charge in [0.1, 0.15) is 11.6 Å². The van der Waals surface area contributed by atoms with Crippen LogP contribution in [0.2, 0.25) is 0 Å². The average Bonchev–Trinajstić information content (AvgIpc) is 3.02. The molecule has 3 rings (SSSR count). The summed E-state index contributed by atoms with van der Waals surface area (Å²) in [5.41, 5.74) is 2.27. The van der Waals surface area contributed by atoms with Crippen LogP contribution < -0.4 is 0 Å². The van der Waals surface area contributed by atoms with E-state index in [0.717, 1.165) is 35.3 Å². The van der Waals surface area contributed by atoms with Gasteiger partial charge in [-0.25, -0.2) is 0 Å². The van der Waals surface area contributed by atoms with Crippen LogP contribution in [-0.2, 0) is 11.2 Å². The third-order valence-electron chi connectivity index (χ3n) is 3.82. The summed E-state index contributed by atoms with van der Waals surface area (Å²) < 4.78 is 2.12. The molecule has 0 aliphatic rings. The molecule has 1 heterocycles. The Labute approximate surface area is 152 Å². The SMILES string of the molecule is CC(=O)CCCSc1nnc(Cc2ccccc2)n1-c1ccccc1. The third-order valence-corrected chi connectivity index (χ3v) is 4.84. The molecule has 0 aliphatic heterocycles. The quantitative estimate of drug-likeness (QED) is 0.448. The van der Waals surface area contributed by atoms with Crippen molar-refractivity contribution in [3.8, 4) is 5.69 Å². The first-order valence-corrected chi connectivity index (χ1v) is 9.38. The molecule has 0 N–H and O–H groups in total. The molecule has 0 fully saturated rings. The van der Waals surface area contributed by atoms with E-state index >= 15 is 0 Å². The van der Waals surface area contributed by atoms with Crippen LogP contribution in [-0.4, -0.2) is 26.3 Å². The van der Waals surface area contributed by atoms with Crippen molar-refractivity contribution in [2.24, 2.45) is 0 Å². The molecule has 0 aliphatic carbocycles. The Balaban J connectivity index is 1.84. The van der Waals surface area contributed by atoms with Gasteiger partial charge in [-0.2, -0.15) is 0 Å². The highest BCUT2D eigenvalue weighted by molar-refractivity contribution is 7.99. The molecule has 128 valence electrons. The predicted molar refractivity (Wildman–Crippen MR) is 101 cm³/mol. The van der Waals surface area contributed by atoms with E-state index in [1.165, 1.54) is 5.56 Å². The van der Waals surface area contributed by atoms with E-state index in [1.807, 2.05) is 36.4 Å². The van der Waals surface area contributed by atoms with Crippen molar-refractivity contribution in [1.29, 1.82) is 0 Å². The fourth-order valence-electron chi connectivity index (χ4n) is 2.61. The van der Waals surface area contributed by atoms with Crippen molar-refractivity contribution in [2.75, 3.05) is 5.75 Å². The summed E-state index contributed by atoms with van der Waals surface area (Å²) in [6.07, 6.45) is 2.20. The fourth-order valence-corrected chi connectivity index (χ4v) is 3.52. The lowest BCUT2D eigenvalue weighted by molar-refractivity contribution is -0.117. The number of hydrogen-bond acceptors (Lipinski definition) is 4. The number of nitrogens with zero attached hydrogens (tertiary/aromatic N) is 3. The van der Waals surface area contributed by atoms with E-state index in [1.54, 1.807) is 18.7 Å².